The number of rotatable bonds is 9. The monoisotopic (exact) mass is 402 g/mol. The topological polar surface area (TPSA) is 44.8 Å². The molecule has 1 aromatic carbocycles. The van der Waals surface area contributed by atoms with Crippen LogP contribution in [0.4, 0.5) is 0 Å². The molecule has 3 aliphatic rings. The van der Waals surface area contributed by atoms with Gasteiger partial charge in [0.25, 0.3) is 0 Å². The van der Waals surface area contributed by atoms with E-state index in [2.05, 4.69) is 38.4 Å². The Bertz CT molecular complexity index is 686. The summed E-state index contributed by atoms with van der Waals surface area (Å²) in [6, 6.07) is 10.2. The molecule has 0 unspecified atom stereocenters. The predicted molar refractivity (Wildman–Crippen MR) is 114 cm³/mol. The Balaban J connectivity index is 1.93. The first-order valence-electron chi connectivity index (χ1n) is 10.3. The van der Waals surface area contributed by atoms with E-state index in [0.717, 1.165) is 31.1 Å². The van der Waals surface area contributed by atoms with Gasteiger partial charge in [-0.2, -0.15) is 0 Å². The molecule has 0 N–H and O–H groups in total. The zero-order valence-electron chi connectivity index (χ0n) is 17.6. The van der Waals surface area contributed by atoms with Gasteiger partial charge < -0.3 is 18.7 Å². The zero-order chi connectivity index (χ0) is 20.4. The summed E-state index contributed by atoms with van der Waals surface area (Å²) < 4.78 is 19.2. The van der Waals surface area contributed by atoms with E-state index in [1.165, 1.54) is 0 Å². The van der Waals surface area contributed by atoms with E-state index in [4.69, 9.17) is 13.9 Å². The minimum atomic E-state index is -1.88. The lowest BCUT2D eigenvalue weighted by Gasteiger charge is -2.63. The van der Waals surface area contributed by atoms with Crippen molar-refractivity contribution in [3.8, 4) is 0 Å². The van der Waals surface area contributed by atoms with Gasteiger partial charge in [-0.25, -0.2) is 0 Å². The number of carbonyl (C=O) groups excluding carboxylic acids is 1. The number of benzene rings is 1. The van der Waals surface area contributed by atoms with Crippen LogP contribution in [-0.4, -0.2) is 39.5 Å². The fourth-order valence-electron chi connectivity index (χ4n) is 5.25. The Morgan fingerprint density at radius 3 is 2.54 bits per heavy atom. The Kier molecular flexibility index (Phi) is 6.30. The van der Waals surface area contributed by atoms with Crippen LogP contribution < -0.4 is 0 Å². The minimum Gasteiger partial charge on any atom is -0.413 e. The first-order valence-corrected chi connectivity index (χ1v) is 13.7. The second-order valence-corrected chi connectivity index (χ2v) is 13.7. The van der Waals surface area contributed by atoms with Crippen LogP contribution in [0, 0.1) is 11.3 Å². The molecule has 5 atom stereocenters. The van der Waals surface area contributed by atoms with Crippen molar-refractivity contribution in [2.45, 2.75) is 69.7 Å². The van der Waals surface area contributed by atoms with Gasteiger partial charge in [0.1, 0.15) is 6.29 Å². The number of hydrogen-bond donors (Lipinski definition) is 0. The molecule has 154 valence electrons. The second kappa shape index (κ2) is 8.23. The van der Waals surface area contributed by atoms with Crippen molar-refractivity contribution in [2.24, 2.45) is 11.3 Å². The third-order valence-electron chi connectivity index (χ3n) is 6.51. The average Bonchev–Trinajstić information content (AvgIpc) is 2.68. The van der Waals surface area contributed by atoms with Gasteiger partial charge in [0.05, 0.1) is 29.8 Å². The smallest absolute Gasteiger partial charge is 0.184 e. The fraction of sp³-hybridized carbons (Fsp3) is 0.609. The van der Waals surface area contributed by atoms with Gasteiger partial charge >= 0.3 is 0 Å². The summed E-state index contributed by atoms with van der Waals surface area (Å²) >= 11 is 0. The molecule has 0 saturated heterocycles. The normalized spacial score (nSPS) is 34.9. The van der Waals surface area contributed by atoms with Crippen molar-refractivity contribution >= 4 is 14.6 Å². The lowest BCUT2D eigenvalue weighted by atomic mass is 9.50. The highest BCUT2D eigenvalue weighted by molar-refractivity contribution is 6.69. The van der Waals surface area contributed by atoms with E-state index in [0.29, 0.717) is 13.0 Å². The summed E-state index contributed by atoms with van der Waals surface area (Å²) in [5, 5.41) is 0. The fourth-order valence-corrected chi connectivity index (χ4v) is 6.39. The van der Waals surface area contributed by atoms with Gasteiger partial charge in [0.15, 0.2) is 8.32 Å². The molecule has 2 bridgehead atoms. The van der Waals surface area contributed by atoms with Crippen molar-refractivity contribution in [1.82, 2.24) is 0 Å². The van der Waals surface area contributed by atoms with E-state index in [-0.39, 0.29) is 18.1 Å². The minimum absolute atomic E-state index is 0.0214. The van der Waals surface area contributed by atoms with Gasteiger partial charge in [0, 0.05) is 19.4 Å². The van der Waals surface area contributed by atoms with Crippen LogP contribution in [0.1, 0.15) is 31.2 Å². The van der Waals surface area contributed by atoms with Gasteiger partial charge in [-0.05, 0) is 44.5 Å². The standard InChI is InChI=1S/C23H34O4Si/c1-6-13-22(17-24)21(27-28(3,4)5)19-12-14-23(22,25-2)15-20(19)26-16-18-10-8-7-9-11-18/h6-11,17,19-21H,1,12-16H2,2-5H3/t19-,20+,21+,22+,23-/m1/s1. The van der Waals surface area contributed by atoms with Crippen LogP contribution in [0.2, 0.25) is 19.6 Å². The molecule has 28 heavy (non-hydrogen) atoms. The summed E-state index contributed by atoms with van der Waals surface area (Å²) in [4.78, 5) is 12.6. The zero-order valence-corrected chi connectivity index (χ0v) is 18.6. The molecule has 4 nitrogen and oxygen atoms in total. The van der Waals surface area contributed by atoms with Crippen LogP contribution in [0.15, 0.2) is 43.0 Å². The molecular formula is C23H34O4Si. The van der Waals surface area contributed by atoms with E-state index in [9.17, 15) is 4.79 Å². The van der Waals surface area contributed by atoms with Crippen LogP contribution in [0.25, 0.3) is 0 Å². The molecule has 0 aromatic heterocycles. The molecular weight excluding hydrogens is 368 g/mol. The number of fused-ring (bicyclic) bond motifs is 3. The largest absolute Gasteiger partial charge is 0.413 e. The van der Waals surface area contributed by atoms with E-state index >= 15 is 0 Å². The van der Waals surface area contributed by atoms with Crippen LogP contribution >= 0.6 is 0 Å². The van der Waals surface area contributed by atoms with Crippen molar-refractivity contribution in [1.29, 1.82) is 0 Å². The van der Waals surface area contributed by atoms with Crippen molar-refractivity contribution in [3.63, 3.8) is 0 Å². The maximum absolute atomic E-state index is 12.6. The van der Waals surface area contributed by atoms with E-state index < -0.39 is 19.3 Å². The predicted octanol–water partition coefficient (Wildman–Crippen LogP) is 4.75. The molecule has 0 radical (unpaired) electrons. The second-order valence-electron chi connectivity index (χ2n) is 9.24. The summed E-state index contributed by atoms with van der Waals surface area (Å²) in [6.45, 7) is 11.0. The molecule has 3 saturated carbocycles. The summed E-state index contributed by atoms with van der Waals surface area (Å²) in [5.41, 5.74) is -0.103. The van der Waals surface area contributed by atoms with Crippen LogP contribution in [0.3, 0.4) is 0 Å². The first kappa shape index (κ1) is 21.4. The first-order chi connectivity index (χ1) is 13.3. The molecule has 4 rings (SSSR count). The highest BCUT2D eigenvalue weighted by atomic mass is 28.4. The molecule has 0 spiro atoms. The molecule has 0 aliphatic heterocycles. The summed E-state index contributed by atoms with van der Waals surface area (Å²) in [5.74, 6) is 0.192. The van der Waals surface area contributed by atoms with Crippen molar-refractivity contribution in [2.75, 3.05) is 7.11 Å². The SMILES string of the molecule is C=CC[C@]1(C=O)[C@@H](O[Si](C)(C)C)[C@@H]2CC[C@@]1(OC)C[C@@H]2OCc1ccccc1. The quantitative estimate of drug-likeness (QED) is 0.340. The molecule has 5 heteroatoms. The van der Waals surface area contributed by atoms with Crippen molar-refractivity contribution < 1.29 is 18.7 Å². The van der Waals surface area contributed by atoms with Crippen LogP contribution in [0.5, 0.6) is 0 Å². The van der Waals surface area contributed by atoms with E-state index in [1.807, 2.05) is 24.3 Å². The highest BCUT2D eigenvalue weighted by Crippen LogP contribution is 2.60. The Morgan fingerprint density at radius 2 is 1.96 bits per heavy atom. The Morgan fingerprint density at radius 1 is 1.25 bits per heavy atom. The number of aldehydes is 1. The Labute approximate surface area is 170 Å². The molecule has 0 amide bonds. The van der Waals surface area contributed by atoms with Crippen LogP contribution in [-0.2, 0) is 25.3 Å². The van der Waals surface area contributed by atoms with E-state index in [1.54, 1.807) is 7.11 Å². The Hall–Kier alpha value is -1.27. The number of hydrogen-bond acceptors (Lipinski definition) is 4. The third kappa shape index (κ3) is 3.77. The molecule has 0 heterocycles. The number of carbonyl (C=O) groups is 1. The van der Waals surface area contributed by atoms with Gasteiger partial charge in [0.2, 0.25) is 0 Å². The maximum Gasteiger partial charge on any atom is 0.184 e. The van der Waals surface area contributed by atoms with Gasteiger partial charge in [-0.3, -0.25) is 0 Å². The number of methoxy groups -OCH3 is 1. The third-order valence-corrected chi connectivity index (χ3v) is 7.47. The lowest BCUT2D eigenvalue weighted by molar-refractivity contribution is -0.257. The highest BCUT2D eigenvalue weighted by Gasteiger charge is 2.67. The number of ether oxygens (including phenoxy) is 2. The molecule has 3 fully saturated rings. The molecule has 3 aliphatic carbocycles. The van der Waals surface area contributed by atoms with Gasteiger partial charge in [-0.1, -0.05) is 36.4 Å². The van der Waals surface area contributed by atoms with Gasteiger partial charge in [-0.15, -0.1) is 6.58 Å². The van der Waals surface area contributed by atoms with Crippen molar-refractivity contribution in [3.05, 3.63) is 48.6 Å². The average molecular weight is 403 g/mol. The maximum atomic E-state index is 12.6. The number of allylic oxidation sites excluding steroid dienone is 1. The summed E-state index contributed by atoms with van der Waals surface area (Å²) in [6.07, 6.45) is 5.87. The summed E-state index contributed by atoms with van der Waals surface area (Å²) in [7, 11) is -0.154. The lowest BCUT2D eigenvalue weighted by Crippen LogP contribution is -2.71. The molecule has 1 aromatic rings.